The Kier molecular flexibility index (Phi) is 4.02. The van der Waals surface area contributed by atoms with Gasteiger partial charge in [-0.25, -0.2) is 4.98 Å². The van der Waals surface area contributed by atoms with Crippen molar-refractivity contribution in [1.29, 1.82) is 0 Å². The zero-order valence-corrected chi connectivity index (χ0v) is 15.4. The number of carbonyl (C=O) groups is 1. The van der Waals surface area contributed by atoms with Crippen molar-refractivity contribution < 1.29 is 9.53 Å². The first-order chi connectivity index (χ1) is 13.7. The van der Waals surface area contributed by atoms with Crippen LogP contribution in [0.5, 0.6) is 0 Å². The third-order valence-corrected chi connectivity index (χ3v) is 5.09. The van der Waals surface area contributed by atoms with Gasteiger partial charge < -0.3 is 9.64 Å². The predicted molar refractivity (Wildman–Crippen MR) is 104 cm³/mol. The first-order valence-corrected chi connectivity index (χ1v) is 9.26. The molecule has 0 radical (unpaired) electrons. The fourth-order valence-corrected chi connectivity index (χ4v) is 3.71. The van der Waals surface area contributed by atoms with E-state index < -0.39 is 0 Å². The number of hydrogen-bond acceptors (Lipinski definition) is 5. The summed E-state index contributed by atoms with van der Waals surface area (Å²) in [4.78, 5) is 23.5. The van der Waals surface area contributed by atoms with Gasteiger partial charge in [-0.05, 0) is 35.9 Å². The van der Waals surface area contributed by atoms with Gasteiger partial charge in [0.2, 0.25) is 0 Å². The predicted octanol–water partition coefficient (Wildman–Crippen LogP) is 2.80. The largest absolute Gasteiger partial charge is 0.368 e. The summed E-state index contributed by atoms with van der Waals surface area (Å²) in [6, 6.07) is 15.8. The van der Waals surface area contributed by atoms with E-state index in [1.807, 2.05) is 60.4 Å². The average molecular weight is 373 g/mol. The normalized spacial score (nSPS) is 17.3. The van der Waals surface area contributed by atoms with E-state index in [4.69, 9.17) is 4.74 Å². The van der Waals surface area contributed by atoms with Crippen LogP contribution < -0.4 is 0 Å². The Labute approximate surface area is 161 Å². The van der Waals surface area contributed by atoms with Gasteiger partial charge >= 0.3 is 0 Å². The second-order valence-corrected chi connectivity index (χ2v) is 6.97. The minimum absolute atomic E-state index is 0.0136. The Morgan fingerprint density at radius 2 is 2.00 bits per heavy atom. The van der Waals surface area contributed by atoms with Gasteiger partial charge in [0, 0.05) is 17.8 Å². The van der Waals surface area contributed by atoms with Crippen molar-refractivity contribution in [2.75, 3.05) is 19.7 Å². The number of aromatic nitrogens is 4. The minimum Gasteiger partial charge on any atom is -0.368 e. The molecule has 3 heterocycles. The third kappa shape index (κ3) is 2.90. The highest BCUT2D eigenvalue weighted by Crippen LogP contribution is 2.25. The molecular formula is C21H19N5O2. The molecule has 28 heavy (non-hydrogen) atoms. The first-order valence-electron chi connectivity index (χ1n) is 9.26. The molecule has 4 aromatic rings. The van der Waals surface area contributed by atoms with Crippen LogP contribution in [0, 0.1) is 6.92 Å². The lowest BCUT2D eigenvalue weighted by Crippen LogP contribution is -2.42. The van der Waals surface area contributed by atoms with Crippen molar-refractivity contribution in [2.45, 2.75) is 13.0 Å². The highest BCUT2D eigenvalue weighted by molar-refractivity contribution is 5.98. The summed E-state index contributed by atoms with van der Waals surface area (Å²) >= 11 is 0. The Hall–Kier alpha value is -3.32. The van der Waals surface area contributed by atoms with Crippen LogP contribution in [-0.2, 0) is 4.74 Å². The van der Waals surface area contributed by atoms with Gasteiger partial charge in [0.05, 0.1) is 18.8 Å². The van der Waals surface area contributed by atoms with Crippen molar-refractivity contribution >= 4 is 22.5 Å². The molecule has 0 N–H and O–H groups in total. The van der Waals surface area contributed by atoms with Gasteiger partial charge in [-0.15, -0.1) is 0 Å². The van der Waals surface area contributed by atoms with Crippen LogP contribution in [0.25, 0.3) is 16.6 Å². The van der Waals surface area contributed by atoms with Gasteiger partial charge in [-0.1, -0.05) is 30.3 Å². The SMILES string of the molecule is Cc1cc(C2CN(C(=O)c3ccc4ccccc4c3)CCO2)n2ncnc2n1. The van der Waals surface area contributed by atoms with Crippen LogP contribution in [0.1, 0.15) is 27.8 Å². The summed E-state index contributed by atoms with van der Waals surface area (Å²) in [5, 5.41) is 6.44. The standard InChI is InChI=1S/C21H19N5O2/c1-14-10-18(26-21(24-14)22-13-23-26)19-12-25(8-9-28-19)20(27)17-7-6-15-4-2-3-5-16(15)11-17/h2-7,10-11,13,19H,8-9,12H2,1H3. The molecule has 1 amide bonds. The van der Waals surface area contributed by atoms with E-state index in [9.17, 15) is 4.79 Å². The monoisotopic (exact) mass is 373 g/mol. The van der Waals surface area contributed by atoms with Gasteiger partial charge in [0.25, 0.3) is 11.7 Å². The molecule has 0 aliphatic carbocycles. The highest BCUT2D eigenvalue weighted by atomic mass is 16.5. The highest BCUT2D eigenvalue weighted by Gasteiger charge is 2.28. The fraction of sp³-hybridized carbons (Fsp3) is 0.238. The zero-order valence-electron chi connectivity index (χ0n) is 15.4. The minimum atomic E-state index is -0.274. The Bertz CT molecular complexity index is 1190. The van der Waals surface area contributed by atoms with Crippen LogP contribution in [0.3, 0.4) is 0 Å². The van der Waals surface area contributed by atoms with Crippen molar-refractivity contribution in [3.8, 4) is 0 Å². The van der Waals surface area contributed by atoms with E-state index in [1.165, 1.54) is 6.33 Å². The topological polar surface area (TPSA) is 72.6 Å². The molecule has 1 unspecified atom stereocenters. The van der Waals surface area contributed by atoms with Crippen molar-refractivity contribution in [3.63, 3.8) is 0 Å². The van der Waals surface area contributed by atoms with E-state index in [2.05, 4.69) is 15.1 Å². The number of hydrogen-bond donors (Lipinski definition) is 0. The molecule has 2 aromatic heterocycles. The molecule has 1 atom stereocenters. The van der Waals surface area contributed by atoms with Gasteiger partial charge in [0.1, 0.15) is 12.4 Å². The van der Waals surface area contributed by atoms with Crippen LogP contribution in [-0.4, -0.2) is 50.1 Å². The molecule has 1 fully saturated rings. The van der Waals surface area contributed by atoms with Crippen LogP contribution in [0.4, 0.5) is 0 Å². The molecule has 2 aromatic carbocycles. The number of ether oxygens (including phenoxy) is 1. The van der Waals surface area contributed by atoms with E-state index >= 15 is 0 Å². The molecule has 7 heteroatoms. The number of fused-ring (bicyclic) bond motifs is 2. The second kappa shape index (κ2) is 6.69. The molecule has 0 spiro atoms. The van der Waals surface area contributed by atoms with Crippen LogP contribution in [0.2, 0.25) is 0 Å². The number of benzene rings is 2. The summed E-state index contributed by atoms with van der Waals surface area (Å²) in [6.45, 7) is 3.41. The molecule has 0 bridgehead atoms. The molecule has 1 saturated heterocycles. The maximum absolute atomic E-state index is 13.1. The lowest BCUT2D eigenvalue weighted by molar-refractivity contribution is -0.0257. The lowest BCUT2D eigenvalue weighted by Gasteiger charge is -2.33. The molecule has 0 saturated carbocycles. The van der Waals surface area contributed by atoms with Gasteiger partial charge in [-0.3, -0.25) is 4.79 Å². The maximum Gasteiger partial charge on any atom is 0.254 e. The van der Waals surface area contributed by atoms with Gasteiger partial charge in [-0.2, -0.15) is 14.6 Å². The lowest BCUT2D eigenvalue weighted by atomic mass is 10.1. The Balaban J connectivity index is 1.44. The molecule has 140 valence electrons. The van der Waals surface area contributed by atoms with E-state index in [0.29, 0.717) is 31.0 Å². The van der Waals surface area contributed by atoms with Crippen LogP contribution >= 0.6 is 0 Å². The summed E-state index contributed by atoms with van der Waals surface area (Å²) in [6.07, 6.45) is 1.20. The van der Waals surface area contributed by atoms with Gasteiger partial charge in [0.15, 0.2) is 0 Å². The molecule has 7 nitrogen and oxygen atoms in total. The zero-order chi connectivity index (χ0) is 19.1. The summed E-state index contributed by atoms with van der Waals surface area (Å²) in [5.74, 6) is 0.552. The third-order valence-electron chi connectivity index (χ3n) is 5.09. The average Bonchev–Trinajstić information content (AvgIpc) is 3.20. The van der Waals surface area contributed by atoms with E-state index in [-0.39, 0.29) is 12.0 Å². The molecule has 1 aliphatic rings. The Morgan fingerprint density at radius 1 is 1.14 bits per heavy atom. The van der Waals surface area contributed by atoms with Crippen LogP contribution in [0.15, 0.2) is 54.9 Å². The first kappa shape index (κ1) is 16.8. The van der Waals surface area contributed by atoms with Crippen molar-refractivity contribution in [2.24, 2.45) is 0 Å². The summed E-state index contributed by atoms with van der Waals surface area (Å²) in [7, 11) is 0. The maximum atomic E-state index is 13.1. The molecule has 5 rings (SSSR count). The molecular weight excluding hydrogens is 354 g/mol. The second-order valence-electron chi connectivity index (χ2n) is 6.97. The summed E-state index contributed by atoms with van der Waals surface area (Å²) in [5.41, 5.74) is 2.39. The number of aryl methyl sites for hydroxylation is 1. The van der Waals surface area contributed by atoms with E-state index in [1.54, 1.807) is 4.52 Å². The number of rotatable bonds is 2. The number of morpholine rings is 1. The number of nitrogens with zero attached hydrogens (tertiary/aromatic N) is 5. The van der Waals surface area contributed by atoms with Crippen molar-refractivity contribution in [3.05, 3.63) is 71.8 Å². The smallest absolute Gasteiger partial charge is 0.254 e. The van der Waals surface area contributed by atoms with E-state index in [0.717, 1.165) is 22.2 Å². The van der Waals surface area contributed by atoms with Crippen molar-refractivity contribution in [1.82, 2.24) is 24.5 Å². The fourth-order valence-electron chi connectivity index (χ4n) is 3.71. The quantitative estimate of drug-likeness (QED) is 0.540. The molecule has 1 aliphatic heterocycles. The Morgan fingerprint density at radius 3 is 2.89 bits per heavy atom. The number of amides is 1. The summed E-state index contributed by atoms with van der Waals surface area (Å²) < 4.78 is 7.65. The number of carbonyl (C=O) groups excluding carboxylic acids is 1.